The number of methoxy groups -OCH3 is 2. The van der Waals surface area contributed by atoms with Crippen molar-refractivity contribution in [2.45, 2.75) is 0 Å². The maximum Gasteiger partial charge on any atom is 0.337 e. The molecule has 0 amide bonds. The molecular weight excluding hydrogens is 358 g/mol. The van der Waals surface area contributed by atoms with Crippen molar-refractivity contribution in [3.63, 3.8) is 0 Å². The number of nitrogens with zero attached hydrogens (tertiary/aromatic N) is 3. The van der Waals surface area contributed by atoms with Crippen LogP contribution in [0.1, 0.15) is 10.4 Å². The summed E-state index contributed by atoms with van der Waals surface area (Å²) in [5.74, 6) is 0.00597. The SMILES string of the molecule is COC(=O)c1ccc(Nc2ccccc2OC)c(NC(C#N)=C(C#N)C#N)c1. The number of allylic oxidation sites excluding steroid dienone is 2. The Labute approximate surface area is 161 Å². The van der Waals surface area contributed by atoms with Crippen LogP contribution in [0.25, 0.3) is 0 Å². The molecule has 0 spiro atoms. The highest BCUT2D eigenvalue weighted by atomic mass is 16.5. The predicted octanol–water partition coefficient (Wildman–Crippen LogP) is 3.46. The summed E-state index contributed by atoms with van der Waals surface area (Å²) in [6.07, 6.45) is 0. The Morgan fingerprint density at radius 2 is 1.64 bits per heavy atom. The number of esters is 1. The van der Waals surface area contributed by atoms with Gasteiger partial charge >= 0.3 is 5.97 Å². The van der Waals surface area contributed by atoms with E-state index in [1.165, 1.54) is 20.3 Å². The van der Waals surface area contributed by atoms with Gasteiger partial charge in [-0.25, -0.2) is 4.79 Å². The van der Waals surface area contributed by atoms with Crippen LogP contribution in [0.5, 0.6) is 5.75 Å². The molecule has 2 aromatic carbocycles. The largest absolute Gasteiger partial charge is 0.495 e. The van der Waals surface area contributed by atoms with Gasteiger partial charge in [0.05, 0.1) is 36.8 Å². The molecule has 0 aliphatic rings. The number of para-hydroxylation sites is 2. The van der Waals surface area contributed by atoms with Gasteiger partial charge in [-0.3, -0.25) is 0 Å². The molecule has 0 unspecified atom stereocenters. The fourth-order valence-electron chi connectivity index (χ4n) is 2.31. The van der Waals surface area contributed by atoms with Gasteiger partial charge in [0, 0.05) is 0 Å². The molecule has 0 radical (unpaired) electrons. The van der Waals surface area contributed by atoms with Gasteiger partial charge in [0.25, 0.3) is 0 Å². The number of ether oxygens (including phenoxy) is 2. The van der Waals surface area contributed by atoms with Gasteiger partial charge in [-0.1, -0.05) is 12.1 Å². The topological polar surface area (TPSA) is 131 Å². The second-order valence-electron chi connectivity index (χ2n) is 5.29. The molecule has 2 aromatic rings. The Hall–Kier alpha value is -4.48. The lowest BCUT2D eigenvalue weighted by molar-refractivity contribution is 0.0601. The average molecular weight is 373 g/mol. The molecule has 8 heteroatoms. The van der Waals surface area contributed by atoms with E-state index >= 15 is 0 Å². The molecule has 0 aromatic heterocycles. The van der Waals surface area contributed by atoms with Crippen molar-refractivity contribution < 1.29 is 14.3 Å². The van der Waals surface area contributed by atoms with Crippen molar-refractivity contribution in [3.05, 3.63) is 59.3 Å². The predicted molar refractivity (Wildman–Crippen MR) is 102 cm³/mol. The smallest absolute Gasteiger partial charge is 0.337 e. The Balaban J connectivity index is 2.56. The van der Waals surface area contributed by atoms with Crippen LogP contribution in [-0.4, -0.2) is 20.2 Å². The van der Waals surface area contributed by atoms with Crippen LogP contribution >= 0.6 is 0 Å². The molecule has 2 rings (SSSR count). The quantitative estimate of drug-likeness (QED) is 0.581. The first-order chi connectivity index (χ1) is 13.6. The molecule has 28 heavy (non-hydrogen) atoms. The van der Waals surface area contributed by atoms with Crippen molar-refractivity contribution in [2.24, 2.45) is 0 Å². The van der Waals surface area contributed by atoms with Crippen molar-refractivity contribution in [1.29, 1.82) is 15.8 Å². The second kappa shape index (κ2) is 9.28. The summed E-state index contributed by atoms with van der Waals surface area (Å²) >= 11 is 0. The highest BCUT2D eigenvalue weighted by molar-refractivity contribution is 5.93. The summed E-state index contributed by atoms with van der Waals surface area (Å²) in [6.45, 7) is 0. The standard InChI is InChI=1S/C20H15N5O3/c1-27-19-6-4-3-5-16(19)24-15-8-7-13(20(26)28-2)9-17(15)25-18(12-23)14(10-21)11-22/h3-9,24-25H,1-2H3. The molecule has 0 saturated heterocycles. The number of carbonyl (C=O) groups excluding carboxylic acids is 1. The Morgan fingerprint density at radius 1 is 0.929 bits per heavy atom. The first-order valence-corrected chi connectivity index (χ1v) is 7.92. The number of anilines is 3. The van der Waals surface area contributed by atoms with Crippen LogP contribution < -0.4 is 15.4 Å². The minimum Gasteiger partial charge on any atom is -0.495 e. The molecule has 0 fully saturated rings. The zero-order chi connectivity index (χ0) is 20.5. The molecular formula is C20H15N5O3. The van der Waals surface area contributed by atoms with E-state index in [9.17, 15) is 10.1 Å². The van der Waals surface area contributed by atoms with Crippen LogP contribution in [-0.2, 0) is 4.74 Å². The summed E-state index contributed by atoms with van der Waals surface area (Å²) in [7, 11) is 2.78. The van der Waals surface area contributed by atoms with Crippen LogP contribution in [0.2, 0.25) is 0 Å². The highest BCUT2D eigenvalue weighted by Gasteiger charge is 2.14. The minimum absolute atomic E-state index is 0.225. The molecule has 0 aliphatic carbocycles. The Kier molecular flexibility index (Phi) is 6.58. The van der Waals surface area contributed by atoms with Crippen molar-refractivity contribution >= 4 is 23.0 Å². The fourth-order valence-corrected chi connectivity index (χ4v) is 2.31. The summed E-state index contributed by atoms with van der Waals surface area (Å²) in [5.41, 5.74) is 1.03. The number of benzene rings is 2. The number of hydrogen-bond acceptors (Lipinski definition) is 8. The number of rotatable bonds is 6. The molecule has 0 atom stereocenters. The third-order valence-electron chi connectivity index (χ3n) is 3.66. The molecule has 0 heterocycles. The average Bonchev–Trinajstić information content (AvgIpc) is 2.74. The van der Waals surface area contributed by atoms with Crippen LogP contribution in [0.4, 0.5) is 17.1 Å². The lowest BCUT2D eigenvalue weighted by Crippen LogP contribution is -2.07. The second-order valence-corrected chi connectivity index (χ2v) is 5.29. The van der Waals surface area contributed by atoms with Crippen molar-refractivity contribution in [2.75, 3.05) is 24.9 Å². The molecule has 138 valence electrons. The third-order valence-corrected chi connectivity index (χ3v) is 3.66. The van der Waals surface area contributed by atoms with E-state index < -0.39 is 5.97 Å². The number of nitrogens with one attached hydrogen (secondary N) is 2. The first kappa shape index (κ1) is 19.8. The van der Waals surface area contributed by atoms with Crippen LogP contribution in [0.15, 0.2) is 53.7 Å². The van der Waals surface area contributed by atoms with Crippen molar-refractivity contribution in [3.8, 4) is 24.0 Å². The lowest BCUT2D eigenvalue weighted by atomic mass is 10.1. The maximum atomic E-state index is 11.9. The molecule has 0 saturated carbocycles. The van der Waals surface area contributed by atoms with E-state index in [4.69, 9.17) is 20.0 Å². The highest BCUT2D eigenvalue weighted by Crippen LogP contribution is 2.32. The van der Waals surface area contributed by atoms with E-state index in [0.717, 1.165) is 0 Å². The molecule has 0 aliphatic heterocycles. The lowest BCUT2D eigenvalue weighted by Gasteiger charge is -2.16. The van der Waals surface area contributed by atoms with Gasteiger partial charge in [-0.2, -0.15) is 15.8 Å². The summed E-state index contributed by atoms with van der Waals surface area (Å²) in [4.78, 5) is 11.9. The van der Waals surface area contributed by atoms with Crippen molar-refractivity contribution in [1.82, 2.24) is 0 Å². The Morgan fingerprint density at radius 3 is 2.25 bits per heavy atom. The summed E-state index contributed by atoms with van der Waals surface area (Å²) < 4.78 is 10.0. The Bertz CT molecular complexity index is 1040. The zero-order valence-electron chi connectivity index (χ0n) is 15.1. The number of hydrogen-bond donors (Lipinski definition) is 2. The van der Waals surface area contributed by atoms with E-state index in [-0.39, 0.29) is 16.8 Å². The van der Waals surface area contributed by atoms with E-state index in [1.807, 2.05) is 12.1 Å². The van der Waals surface area contributed by atoms with Gasteiger partial charge < -0.3 is 20.1 Å². The molecule has 2 N–H and O–H groups in total. The molecule has 8 nitrogen and oxygen atoms in total. The van der Waals surface area contributed by atoms with Crippen LogP contribution in [0.3, 0.4) is 0 Å². The number of carbonyl (C=O) groups is 1. The van der Waals surface area contributed by atoms with Crippen LogP contribution in [0, 0.1) is 34.0 Å². The maximum absolute atomic E-state index is 11.9. The van der Waals surface area contributed by atoms with Gasteiger partial charge in [-0.15, -0.1) is 0 Å². The van der Waals surface area contributed by atoms with E-state index in [2.05, 4.69) is 10.6 Å². The zero-order valence-corrected chi connectivity index (χ0v) is 15.1. The number of nitriles is 3. The van der Waals surface area contributed by atoms with Gasteiger partial charge in [-0.05, 0) is 30.3 Å². The normalized spacial score (nSPS) is 9.11. The molecule has 0 bridgehead atoms. The van der Waals surface area contributed by atoms with Gasteiger partial charge in [0.1, 0.15) is 29.7 Å². The fraction of sp³-hybridized carbons (Fsp3) is 0.100. The van der Waals surface area contributed by atoms with E-state index in [0.29, 0.717) is 22.8 Å². The van der Waals surface area contributed by atoms with E-state index in [1.54, 1.807) is 42.5 Å². The van der Waals surface area contributed by atoms with Gasteiger partial charge in [0.2, 0.25) is 0 Å². The summed E-state index contributed by atoms with van der Waals surface area (Å²) in [6, 6.07) is 16.9. The van der Waals surface area contributed by atoms with Gasteiger partial charge in [0.15, 0.2) is 5.57 Å². The first-order valence-electron chi connectivity index (χ1n) is 7.92. The monoisotopic (exact) mass is 373 g/mol. The third kappa shape index (κ3) is 4.37. The minimum atomic E-state index is -0.574. The summed E-state index contributed by atoms with van der Waals surface area (Å²) in [5, 5.41) is 33.2.